The van der Waals surface area contributed by atoms with Crippen molar-refractivity contribution in [3.8, 4) is 5.75 Å². The lowest BCUT2D eigenvalue weighted by Gasteiger charge is -2.31. The molecule has 0 bridgehead atoms. The third-order valence-electron chi connectivity index (χ3n) is 5.37. The molecule has 10 heteroatoms. The molecule has 3 amide bonds. The molecule has 1 aliphatic heterocycles. The number of hydrogen-bond donors (Lipinski definition) is 2. The van der Waals surface area contributed by atoms with E-state index in [2.05, 4.69) is 20.8 Å². The number of carbonyl (C=O) groups is 2. The molecule has 0 aliphatic carbocycles. The first-order valence-electron chi connectivity index (χ1n) is 10.5. The molecule has 4 rings (SSSR count). The van der Waals surface area contributed by atoms with E-state index in [9.17, 15) is 9.59 Å². The molecule has 1 fully saturated rings. The number of aromatic nitrogens is 2. The minimum Gasteiger partial charge on any atom is -0.495 e. The highest BCUT2D eigenvalue weighted by Gasteiger charge is 2.28. The molecular weight excluding hydrogens is 462 g/mol. The number of methoxy groups -OCH3 is 1. The molecule has 8 nitrogen and oxygen atoms in total. The maximum Gasteiger partial charge on any atom is 0.321 e. The fourth-order valence-corrected chi connectivity index (χ4v) is 4.77. The number of hydrogen-bond acceptors (Lipinski definition) is 6. The predicted molar refractivity (Wildman–Crippen MR) is 130 cm³/mol. The van der Waals surface area contributed by atoms with Gasteiger partial charge in [-0.15, -0.1) is 10.2 Å². The zero-order valence-corrected chi connectivity index (χ0v) is 19.9. The van der Waals surface area contributed by atoms with E-state index in [0.29, 0.717) is 35.2 Å². The molecule has 1 aliphatic rings. The number of nitrogens with zero attached hydrogens (tertiary/aromatic N) is 3. The van der Waals surface area contributed by atoms with Crippen LogP contribution in [0.25, 0.3) is 0 Å². The van der Waals surface area contributed by atoms with Crippen LogP contribution < -0.4 is 15.4 Å². The molecule has 0 unspecified atom stereocenters. The lowest BCUT2D eigenvalue weighted by Crippen LogP contribution is -2.41. The summed E-state index contributed by atoms with van der Waals surface area (Å²) in [5.74, 6) is 0.300. The van der Waals surface area contributed by atoms with Crippen molar-refractivity contribution in [1.82, 2.24) is 15.1 Å². The lowest BCUT2D eigenvalue weighted by atomic mass is 9.99. The molecule has 1 atom stereocenters. The van der Waals surface area contributed by atoms with Gasteiger partial charge in [-0.05, 0) is 55.7 Å². The summed E-state index contributed by atoms with van der Waals surface area (Å²) in [6.45, 7) is 3.11. The number of amides is 3. The molecule has 2 aromatic carbocycles. The number of nitrogens with one attached hydrogen (secondary N) is 2. The van der Waals surface area contributed by atoms with Crippen molar-refractivity contribution < 1.29 is 14.3 Å². The number of urea groups is 1. The Morgan fingerprint density at radius 1 is 1.18 bits per heavy atom. The van der Waals surface area contributed by atoms with Crippen LogP contribution >= 0.6 is 22.9 Å². The van der Waals surface area contributed by atoms with Crippen LogP contribution in [0.4, 0.5) is 16.2 Å². The van der Waals surface area contributed by atoms with E-state index in [1.807, 2.05) is 25.1 Å². The van der Waals surface area contributed by atoms with Crippen molar-refractivity contribution in [2.75, 3.05) is 30.8 Å². The maximum atomic E-state index is 12.9. The van der Waals surface area contributed by atoms with Crippen molar-refractivity contribution in [1.29, 1.82) is 0 Å². The Kier molecular flexibility index (Phi) is 7.10. The molecule has 0 spiro atoms. The molecule has 0 radical (unpaired) electrons. The average molecular weight is 486 g/mol. The molecule has 2 heterocycles. The second-order valence-electron chi connectivity index (χ2n) is 7.83. The Morgan fingerprint density at radius 3 is 2.82 bits per heavy atom. The zero-order chi connectivity index (χ0) is 23.4. The van der Waals surface area contributed by atoms with Gasteiger partial charge in [-0.2, -0.15) is 0 Å². The molecule has 3 aromatic rings. The van der Waals surface area contributed by atoms with Crippen LogP contribution in [-0.2, 0) is 0 Å². The van der Waals surface area contributed by atoms with Gasteiger partial charge in [0, 0.05) is 29.7 Å². The van der Waals surface area contributed by atoms with Gasteiger partial charge in [0.2, 0.25) is 5.01 Å². The molecule has 1 saturated heterocycles. The highest BCUT2D eigenvalue weighted by Crippen LogP contribution is 2.31. The van der Waals surface area contributed by atoms with Crippen LogP contribution in [0.15, 0.2) is 42.5 Å². The molecule has 172 valence electrons. The van der Waals surface area contributed by atoms with Crippen molar-refractivity contribution in [3.63, 3.8) is 0 Å². The number of likely N-dealkylation sites (tertiary alicyclic amines) is 1. The van der Waals surface area contributed by atoms with Crippen LogP contribution in [0.5, 0.6) is 5.75 Å². The van der Waals surface area contributed by atoms with Gasteiger partial charge in [-0.25, -0.2) is 4.79 Å². The first kappa shape index (κ1) is 23.0. The monoisotopic (exact) mass is 485 g/mol. The Labute approximate surface area is 200 Å². The highest BCUT2D eigenvalue weighted by atomic mass is 35.5. The summed E-state index contributed by atoms with van der Waals surface area (Å²) in [4.78, 5) is 27.2. The Bertz CT molecular complexity index is 1170. The number of carbonyl (C=O) groups excluding carboxylic acids is 2. The summed E-state index contributed by atoms with van der Waals surface area (Å²) in [5, 5.41) is 15.6. The van der Waals surface area contributed by atoms with Crippen LogP contribution in [0.2, 0.25) is 5.02 Å². The van der Waals surface area contributed by atoms with E-state index in [1.54, 1.807) is 36.3 Å². The van der Waals surface area contributed by atoms with Gasteiger partial charge in [-0.1, -0.05) is 35.1 Å². The van der Waals surface area contributed by atoms with Gasteiger partial charge < -0.3 is 20.3 Å². The summed E-state index contributed by atoms with van der Waals surface area (Å²) >= 11 is 7.22. The average Bonchev–Trinajstić information content (AvgIpc) is 3.30. The largest absolute Gasteiger partial charge is 0.495 e. The first-order valence-corrected chi connectivity index (χ1v) is 11.7. The first-order chi connectivity index (χ1) is 15.9. The van der Waals surface area contributed by atoms with Gasteiger partial charge in [0.25, 0.3) is 5.91 Å². The fraction of sp³-hybridized carbons (Fsp3) is 0.304. The second-order valence-corrected chi connectivity index (χ2v) is 9.27. The van der Waals surface area contributed by atoms with Crippen LogP contribution in [0.3, 0.4) is 0 Å². The number of benzene rings is 2. The fourth-order valence-electron chi connectivity index (χ4n) is 3.72. The number of halogens is 1. The molecular formula is C23H24ClN5O3S. The quantitative estimate of drug-likeness (QED) is 0.519. The predicted octanol–water partition coefficient (Wildman–Crippen LogP) is 5.17. The number of aryl methyl sites for hydroxylation is 1. The van der Waals surface area contributed by atoms with Gasteiger partial charge in [0.15, 0.2) is 0 Å². The van der Waals surface area contributed by atoms with Crippen molar-refractivity contribution in [2.45, 2.75) is 25.7 Å². The molecule has 1 aromatic heterocycles. The summed E-state index contributed by atoms with van der Waals surface area (Å²) in [6, 6.07) is 12.4. The second kappa shape index (κ2) is 10.2. The van der Waals surface area contributed by atoms with E-state index in [0.717, 1.165) is 23.4 Å². The molecule has 0 saturated carbocycles. The van der Waals surface area contributed by atoms with Crippen LogP contribution in [-0.4, -0.2) is 47.2 Å². The minimum absolute atomic E-state index is 0.0223. The van der Waals surface area contributed by atoms with Crippen molar-refractivity contribution in [3.05, 3.63) is 63.1 Å². The molecule has 2 N–H and O–H groups in total. The summed E-state index contributed by atoms with van der Waals surface area (Å²) in [5.41, 5.74) is 2.26. The van der Waals surface area contributed by atoms with Gasteiger partial charge in [0.05, 0.1) is 12.8 Å². The van der Waals surface area contributed by atoms with E-state index in [-0.39, 0.29) is 22.9 Å². The smallest absolute Gasteiger partial charge is 0.321 e. The summed E-state index contributed by atoms with van der Waals surface area (Å²) in [6.07, 6.45) is 1.72. The van der Waals surface area contributed by atoms with Gasteiger partial charge >= 0.3 is 6.03 Å². The van der Waals surface area contributed by atoms with E-state index in [1.165, 1.54) is 11.3 Å². The van der Waals surface area contributed by atoms with Crippen molar-refractivity contribution in [2.24, 2.45) is 0 Å². The normalized spacial score (nSPS) is 15.7. The maximum absolute atomic E-state index is 12.9. The Balaban J connectivity index is 1.40. The van der Waals surface area contributed by atoms with E-state index < -0.39 is 0 Å². The minimum atomic E-state index is -0.335. The van der Waals surface area contributed by atoms with Gasteiger partial charge in [0.1, 0.15) is 10.8 Å². The third-order valence-corrected chi connectivity index (χ3v) is 6.69. The Morgan fingerprint density at radius 2 is 2.03 bits per heavy atom. The Hall–Kier alpha value is -3.17. The summed E-state index contributed by atoms with van der Waals surface area (Å²) in [7, 11) is 1.58. The van der Waals surface area contributed by atoms with E-state index >= 15 is 0 Å². The third kappa shape index (κ3) is 5.61. The number of piperidine rings is 1. The van der Waals surface area contributed by atoms with Crippen molar-refractivity contribution >= 4 is 46.3 Å². The standard InChI is InChI=1S/C23H24ClN5O3S/c1-14-8-9-19(32-2)18(11-14)26-23(31)29-10-4-5-15(13-29)21-27-28-22(33-21)20(30)25-17-7-3-6-16(24)12-17/h3,6-9,11-12,15H,4-5,10,13H2,1-2H3,(H,25,30)(H,26,31)/t15-/m0/s1. The zero-order valence-electron chi connectivity index (χ0n) is 18.3. The van der Waals surface area contributed by atoms with Gasteiger partial charge in [-0.3, -0.25) is 4.79 Å². The number of ether oxygens (including phenoxy) is 1. The highest BCUT2D eigenvalue weighted by molar-refractivity contribution is 7.13. The van der Waals surface area contributed by atoms with Crippen LogP contribution in [0.1, 0.15) is 39.1 Å². The lowest BCUT2D eigenvalue weighted by molar-refractivity contribution is 0.102. The SMILES string of the molecule is COc1ccc(C)cc1NC(=O)N1CCC[C@H](c2nnc(C(=O)Nc3cccc(Cl)c3)s2)C1. The molecule has 33 heavy (non-hydrogen) atoms. The van der Waals surface area contributed by atoms with Crippen LogP contribution in [0, 0.1) is 6.92 Å². The topological polar surface area (TPSA) is 96.4 Å². The number of rotatable bonds is 5. The summed E-state index contributed by atoms with van der Waals surface area (Å²) < 4.78 is 5.36. The number of anilines is 2. The van der Waals surface area contributed by atoms with E-state index in [4.69, 9.17) is 16.3 Å².